The van der Waals surface area contributed by atoms with E-state index in [1.54, 1.807) is 29.7 Å². The first-order chi connectivity index (χ1) is 7.99. The normalized spacial score (nSPS) is 10.3. The van der Waals surface area contributed by atoms with Crippen LogP contribution in [0.4, 0.5) is 0 Å². The van der Waals surface area contributed by atoms with E-state index in [0.717, 1.165) is 18.5 Å². The summed E-state index contributed by atoms with van der Waals surface area (Å²) in [7, 11) is 3.97. The lowest BCUT2D eigenvalue weighted by molar-refractivity contribution is -0.527. The summed E-state index contributed by atoms with van der Waals surface area (Å²) < 4.78 is 0. The van der Waals surface area contributed by atoms with Gasteiger partial charge in [-0.05, 0) is 38.2 Å². The van der Waals surface area contributed by atoms with Gasteiger partial charge in [-0.25, -0.2) is 10.1 Å². The van der Waals surface area contributed by atoms with E-state index < -0.39 is 10.9 Å². The number of rotatable bonds is 5. The zero-order valence-corrected chi connectivity index (χ0v) is 9.84. The quantitative estimate of drug-likeness (QED) is 0.604. The van der Waals surface area contributed by atoms with Crippen LogP contribution in [0.5, 0.6) is 0 Å². The fourth-order valence-electron chi connectivity index (χ4n) is 1.32. The SMILES string of the molecule is CN(C)CCc1ccc(C(=O)N[N+](=O)[O-])cc1. The molecule has 1 amide bonds. The standard InChI is InChI=1S/C11H15N3O3/c1-13(2)8-7-9-3-5-10(6-4-9)11(15)12-14(16)17/h3-6H,7-8H2,1-2H3,(H,12,15). The Balaban J connectivity index is 2.61. The second-order valence-corrected chi connectivity index (χ2v) is 3.95. The van der Waals surface area contributed by atoms with Crippen molar-refractivity contribution in [1.82, 2.24) is 10.3 Å². The van der Waals surface area contributed by atoms with Gasteiger partial charge in [0.1, 0.15) is 0 Å². The first-order valence-corrected chi connectivity index (χ1v) is 5.18. The second kappa shape index (κ2) is 5.95. The molecule has 6 nitrogen and oxygen atoms in total. The van der Waals surface area contributed by atoms with Crippen LogP contribution in [0.3, 0.4) is 0 Å². The number of nitrogens with one attached hydrogen (secondary N) is 1. The molecule has 1 rings (SSSR count). The average Bonchev–Trinajstić information content (AvgIpc) is 2.26. The van der Waals surface area contributed by atoms with Crippen molar-refractivity contribution in [3.05, 3.63) is 45.5 Å². The highest BCUT2D eigenvalue weighted by Gasteiger charge is 2.10. The van der Waals surface area contributed by atoms with Gasteiger partial charge < -0.3 is 4.90 Å². The van der Waals surface area contributed by atoms with Crippen molar-refractivity contribution in [3.8, 4) is 0 Å². The molecule has 1 N–H and O–H groups in total. The number of hydrogen-bond acceptors (Lipinski definition) is 4. The van der Waals surface area contributed by atoms with Gasteiger partial charge in [0.05, 0.1) is 0 Å². The van der Waals surface area contributed by atoms with E-state index in [-0.39, 0.29) is 5.56 Å². The van der Waals surface area contributed by atoms with E-state index in [2.05, 4.69) is 4.90 Å². The minimum absolute atomic E-state index is 0.287. The number of likely N-dealkylation sites (N-methyl/N-ethyl adjacent to an activating group) is 1. The van der Waals surface area contributed by atoms with Gasteiger partial charge in [-0.2, -0.15) is 0 Å². The Morgan fingerprint density at radius 1 is 1.35 bits per heavy atom. The summed E-state index contributed by atoms with van der Waals surface area (Å²) in [4.78, 5) is 23.4. The van der Waals surface area contributed by atoms with E-state index >= 15 is 0 Å². The highest BCUT2D eigenvalue weighted by molar-refractivity contribution is 5.93. The molecule has 92 valence electrons. The fraction of sp³-hybridized carbons (Fsp3) is 0.364. The van der Waals surface area contributed by atoms with Crippen LogP contribution in [0.2, 0.25) is 0 Å². The number of nitro groups is 1. The summed E-state index contributed by atoms with van der Waals surface area (Å²) in [6, 6.07) is 6.78. The van der Waals surface area contributed by atoms with Gasteiger partial charge in [0.25, 0.3) is 0 Å². The third-order valence-electron chi connectivity index (χ3n) is 2.26. The van der Waals surface area contributed by atoms with Crippen molar-refractivity contribution in [3.63, 3.8) is 0 Å². The predicted octanol–water partition coefficient (Wildman–Crippen LogP) is 0.712. The van der Waals surface area contributed by atoms with Gasteiger partial charge in [-0.15, -0.1) is 0 Å². The molecule has 0 saturated carbocycles. The van der Waals surface area contributed by atoms with E-state index in [1.807, 2.05) is 14.1 Å². The minimum Gasteiger partial charge on any atom is -0.309 e. The molecule has 6 heteroatoms. The Labute approximate surface area is 99.4 Å². The van der Waals surface area contributed by atoms with Crippen molar-refractivity contribution < 1.29 is 9.83 Å². The summed E-state index contributed by atoms with van der Waals surface area (Å²) in [5, 5.41) is 9.24. The molecule has 0 saturated heterocycles. The summed E-state index contributed by atoms with van der Waals surface area (Å²) >= 11 is 0. The number of amides is 1. The largest absolute Gasteiger partial charge is 0.310 e. The molecular weight excluding hydrogens is 222 g/mol. The number of carbonyl (C=O) groups excluding carboxylic acids is 1. The average molecular weight is 237 g/mol. The smallest absolute Gasteiger partial charge is 0.309 e. The predicted molar refractivity (Wildman–Crippen MR) is 63.2 cm³/mol. The molecule has 0 aliphatic heterocycles. The summed E-state index contributed by atoms with van der Waals surface area (Å²) in [5.41, 5.74) is 2.98. The number of hydrogen-bond donors (Lipinski definition) is 1. The van der Waals surface area contributed by atoms with Crippen LogP contribution in [-0.2, 0) is 6.42 Å². The molecular formula is C11H15N3O3. The lowest BCUT2D eigenvalue weighted by Gasteiger charge is -2.09. The van der Waals surface area contributed by atoms with Crippen molar-refractivity contribution in [2.45, 2.75) is 6.42 Å². The van der Waals surface area contributed by atoms with Gasteiger partial charge in [0, 0.05) is 12.1 Å². The van der Waals surface area contributed by atoms with Crippen LogP contribution in [0.25, 0.3) is 0 Å². The molecule has 17 heavy (non-hydrogen) atoms. The highest BCUT2D eigenvalue weighted by atomic mass is 16.7. The Kier molecular flexibility index (Phi) is 4.59. The number of carbonyl (C=O) groups is 1. The van der Waals surface area contributed by atoms with Gasteiger partial charge in [-0.3, -0.25) is 4.79 Å². The Morgan fingerprint density at radius 2 is 1.94 bits per heavy atom. The van der Waals surface area contributed by atoms with Gasteiger partial charge in [0.15, 0.2) is 5.03 Å². The molecule has 1 aromatic carbocycles. The van der Waals surface area contributed by atoms with E-state index in [1.165, 1.54) is 0 Å². The fourth-order valence-corrected chi connectivity index (χ4v) is 1.32. The second-order valence-electron chi connectivity index (χ2n) is 3.95. The molecule has 0 unspecified atom stereocenters. The van der Waals surface area contributed by atoms with Crippen LogP contribution < -0.4 is 5.43 Å². The molecule has 0 aliphatic rings. The van der Waals surface area contributed by atoms with Gasteiger partial charge >= 0.3 is 5.91 Å². The number of hydrazine groups is 1. The maximum Gasteiger partial charge on any atom is 0.310 e. The molecule has 0 fully saturated rings. The van der Waals surface area contributed by atoms with Crippen LogP contribution >= 0.6 is 0 Å². The van der Waals surface area contributed by atoms with E-state index in [9.17, 15) is 14.9 Å². The summed E-state index contributed by atoms with van der Waals surface area (Å²) in [6.07, 6.45) is 0.879. The topological polar surface area (TPSA) is 75.5 Å². The van der Waals surface area contributed by atoms with E-state index in [0.29, 0.717) is 0 Å². The third-order valence-corrected chi connectivity index (χ3v) is 2.26. The summed E-state index contributed by atoms with van der Waals surface area (Å²) in [5.74, 6) is -0.700. The first kappa shape index (κ1) is 13.1. The first-order valence-electron chi connectivity index (χ1n) is 5.18. The zero-order chi connectivity index (χ0) is 12.8. The Bertz CT molecular complexity index is 401. The van der Waals surface area contributed by atoms with Crippen molar-refractivity contribution in [2.75, 3.05) is 20.6 Å². The van der Waals surface area contributed by atoms with Crippen LogP contribution in [0.1, 0.15) is 15.9 Å². The lowest BCUT2D eigenvalue weighted by Crippen LogP contribution is -2.29. The molecule has 0 aliphatic carbocycles. The summed E-state index contributed by atoms with van der Waals surface area (Å²) in [6.45, 7) is 0.917. The lowest BCUT2D eigenvalue weighted by atomic mass is 10.1. The minimum atomic E-state index is -0.859. The maximum atomic E-state index is 11.3. The third kappa shape index (κ3) is 4.60. The molecule has 0 spiro atoms. The number of benzene rings is 1. The van der Waals surface area contributed by atoms with Crippen molar-refractivity contribution in [2.24, 2.45) is 0 Å². The van der Waals surface area contributed by atoms with Crippen LogP contribution in [-0.4, -0.2) is 36.5 Å². The Hall–Kier alpha value is -1.95. The molecule has 0 radical (unpaired) electrons. The molecule has 1 aromatic rings. The van der Waals surface area contributed by atoms with Crippen LogP contribution in [0, 0.1) is 10.1 Å². The van der Waals surface area contributed by atoms with Crippen molar-refractivity contribution >= 4 is 5.91 Å². The Morgan fingerprint density at radius 3 is 2.41 bits per heavy atom. The van der Waals surface area contributed by atoms with E-state index in [4.69, 9.17) is 0 Å². The monoisotopic (exact) mass is 237 g/mol. The van der Waals surface area contributed by atoms with Gasteiger partial charge in [-0.1, -0.05) is 17.6 Å². The van der Waals surface area contributed by atoms with Crippen LogP contribution in [0.15, 0.2) is 24.3 Å². The molecule has 0 atom stereocenters. The molecule has 0 bridgehead atoms. The maximum absolute atomic E-state index is 11.3. The highest BCUT2D eigenvalue weighted by Crippen LogP contribution is 2.05. The van der Waals surface area contributed by atoms with Crippen molar-refractivity contribution in [1.29, 1.82) is 0 Å². The molecule has 0 aromatic heterocycles. The van der Waals surface area contributed by atoms with Gasteiger partial charge in [0.2, 0.25) is 0 Å². The number of nitrogens with zero attached hydrogens (tertiary/aromatic N) is 2. The zero-order valence-electron chi connectivity index (χ0n) is 9.84. The molecule has 0 heterocycles.